The molecule has 6 heteroatoms. The number of Topliss-reactive ketones (excluding diaryl/α,β-unsaturated/α-hetero) is 1. The average Bonchev–Trinajstić information content (AvgIpc) is 2.62. The second-order valence-electron chi connectivity index (χ2n) is 5.36. The van der Waals surface area contributed by atoms with E-state index in [1.165, 1.54) is 13.1 Å². The number of methoxy groups -OCH3 is 2. The highest BCUT2D eigenvalue weighted by atomic mass is 35.5. The Bertz CT molecular complexity index is 744. The molecular weight excluding hydrogens is 342 g/mol. The molecule has 0 spiro atoms. The number of hydrogen-bond donors (Lipinski definition) is 0. The van der Waals surface area contributed by atoms with E-state index in [4.69, 9.17) is 25.9 Å². The maximum Gasteiger partial charge on any atom is 0.161 e. The van der Waals surface area contributed by atoms with Gasteiger partial charge in [-0.25, -0.2) is 0 Å². The summed E-state index contributed by atoms with van der Waals surface area (Å²) in [4.78, 5) is 17.2. The molecule has 0 radical (unpaired) electrons. The minimum absolute atomic E-state index is 0.0499. The van der Waals surface area contributed by atoms with E-state index in [1.54, 1.807) is 44.6 Å². The van der Waals surface area contributed by atoms with E-state index in [0.717, 1.165) is 11.1 Å². The van der Waals surface area contributed by atoms with Gasteiger partial charge in [0.25, 0.3) is 0 Å². The molecule has 0 unspecified atom stereocenters. The Kier molecular flexibility index (Phi) is 6.83. The van der Waals surface area contributed by atoms with Gasteiger partial charge in [-0.15, -0.1) is 0 Å². The Hall–Kier alpha value is -2.53. The molecule has 0 heterocycles. The van der Waals surface area contributed by atoms with Gasteiger partial charge in [0.2, 0.25) is 0 Å². The zero-order valence-corrected chi connectivity index (χ0v) is 15.1. The summed E-state index contributed by atoms with van der Waals surface area (Å²) >= 11 is 5.84. The molecule has 0 aliphatic heterocycles. The van der Waals surface area contributed by atoms with E-state index < -0.39 is 5.92 Å². The van der Waals surface area contributed by atoms with Crippen molar-refractivity contribution < 1.29 is 19.1 Å². The summed E-state index contributed by atoms with van der Waals surface area (Å²) in [6, 6.07) is 12.6. The quantitative estimate of drug-likeness (QED) is 0.521. The van der Waals surface area contributed by atoms with Crippen molar-refractivity contribution in [1.82, 2.24) is 0 Å². The fourth-order valence-electron chi connectivity index (χ4n) is 2.27. The van der Waals surface area contributed by atoms with Crippen LogP contribution in [0.5, 0.6) is 11.5 Å². The van der Waals surface area contributed by atoms with E-state index in [0.29, 0.717) is 23.1 Å². The molecule has 0 N–H and O–H groups in total. The summed E-state index contributed by atoms with van der Waals surface area (Å²) < 4.78 is 10.5. The first-order valence-electron chi connectivity index (χ1n) is 7.67. The Labute approximate surface area is 152 Å². The molecule has 2 aromatic carbocycles. The molecule has 0 aromatic heterocycles. The summed E-state index contributed by atoms with van der Waals surface area (Å²) in [5, 5.41) is 4.60. The van der Waals surface area contributed by atoms with Crippen LogP contribution in [0, 0.1) is 0 Å². The van der Waals surface area contributed by atoms with Gasteiger partial charge in [0.1, 0.15) is 12.4 Å². The summed E-state index contributed by atoms with van der Waals surface area (Å²) in [5.74, 6) is 0.585. The molecular formula is C19H20ClNO4. The number of carbonyl (C=O) groups is 1. The number of benzene rings is 2. The highest BCUT2D eigenvalue weighted by Crippen LogP contribution is 2.30. The van der Waals surface area contributed by atoms with Crippen molar-refractivity contribution in [2.75, 3.05) is 14.2 Å². The minimum atomic E-state index is -0.523. The lowest BCUT2D eigenvalue weighted by Gasteiger charge is -2.13. The molecule has 0 bridgehead atoms. The van der Waals surface area contributed by atoms with Gasteiger partial charge in [-0.1, -0.05) is 35.0 Å². The zero-order valence-electron chi connectivity index (χ0n) is 14.4. The van der Waals surface area contributed by atoms with Crippen LogP contribution in [0.15, 0.2) is 47.6 Å². The lowest BCUT2D eigenvalue weighted by Crippen LogP contribution is -2.11. The van der Waals surface area contributed by atoms with Crippen molar-refractivity contribution >= 4 is 23.6 Å². The second-order valence-corrected chi connectivity index (χ2v) is 5.79. The van der Waals surface area contributed by atoms with Gasteiger partial charge >= 0.3 is 0 Å². The van der Waals surface area contributed by atoms with Crippen molar-refractivity contribution in [2.45, 2.75) is 19.4 Å². The molecule has 0 saturated heterocycles. The van der Waals surface area contributed by atoms with Crippen LogP contribution in [-0.4, -0.2) is 26.2 Å². The van der Waals surface area contributed by atoms with Crippen LogP contribution in [-0.2, 0) is 16.2 Å². The number of rotatable bonds is 8. The molecule has 132 valence electrons. The van der Waals surface area contributed by atoms with Crippen LogP contribution in [0.25, 0.3) is 0 Å². The predicted octanol–water partition coefficient (Wildman–Crippen LogP) is 4.23. The number of ketones is 1. The first kappa shape index (κ1) is 18.8. The van der Waals surface area contributed by atoms with Crippen molar-refractivity contribution in [3.63, 3.8) is 0 Å². The van der Waals surface area contributed by atoms with Crippen molar-refractivity contribution in [3.8, 4) is 11.5 Å². The van der Waals surface area contributed by atoms with Crippen LogP contribution >= 0.6 is 11.6 Å². The summed E-state index contributed by atoms with van der Waals surface area (Å²) in [7, 11) is 3.11. The topological polar surface area (TPSA) is 57.1 Å². The Morgan fingerprint density at radius 2 is 1.80 bits per heavy atom. The number of halogens is 1. The maximum atomic E-state index is 12.0. The van der Waals surface area contributed by atoms with E-state index in [-0.39, 0.29) is 5.78 Å². The van der Waals surface area contributed by atoms with Crippen molar-refractivity contribution in [2.24, 2.45) is 5.16 Å². The van der Waals surface area contributed by atoms with E-state index in [9.17, 15) is 4.79 Å². The third-order valence-corrected chi connectivity index (χ3v) is 3.89. The third kappa shape index (κ3) is 5.22. The van der Waals surface area contributed by atoms with Crippen LogP contribution in [0.1, 0.15) is 24.0 Å². The molecule has 2 rings (SSSR count). The monoisotopic (exact) mass is 361 g/mol. The van der Waals surface area contributed by atoms with Crippen LogP contribution < -0.4 is 9.47 Å². The maximum absolute atomic E-state index is 12.0. The number of ether oxygens (including phenoxy) is 2. The van der Waals surface area contributed by atoms with Gasteiger partial charge in [0.15, 0.2) is 11.5 Å². The third-order valence-electron chi connectivity index (χ3n) is 3.63. The highest BCUT2D eigenvalue weighted by Gasteiger charge is 2.17. The van der Waals surface area contributed by atoms with Crippen LogP contribution in [0.3, 0.4) is 0 Å². The van der Waals surface area contributed by atoms with E-state index in [2.05, 4.69) is 5.16 Å². The van der Waals surface area contributed by atoms with Gasteiger partial charge in [0.05, 0.1) is 26.4 Å². The Balaban J connectivity index is 2.07. The molecule has 5 nitrogen and oxygen atoms in total. The molecule has 25 heavy (non-hydrogen) atoms. The first-order chi connectivity index (χ1) is 12.0. The number of carbonyl (C=O) groups excluding carboxylic acids is 1. The lowest BCUT2D eigenvalue weighted by molar-refractivity contribution is -0.117. The molecule has 0 aliphatic carbocycles. The van der Waals surface area contributed by atoms with Crippen molar-refractivity contribution in [1.29, 1.82) is 0 Å². The Morgan fingerprint density at radius 1 is 1.12 bits per heavy atom. The number of hydrogen-bond acceptors (Lipinski definition) is 5. The standard InChI is InChI=1S/C19H20ClNO4/c1-13(22)17(15-6-9-18(23-2)19(10-15)24-3)11-21-25-12-14-4-7-16(20)8-5-14/h4-11,17H,12H2,1-3H3/b21-11-/t17-/m0/s1. The summed E-state index contributed by atoms with van der Waals surface area (Å²) in [6.07, 6.45) is 1.49. The van der Waals surface area contributed by atoms with Crippen LogP contribution in [0.2, 0.25) is 5.02 Å². The molecule has 1 atom stereocenters. The predicted molar refractivity (Wildman–Crippen MR) is 97.7 cm³/mol. The van der Waals surface area contributed by atoms with Gasteiger partial charge in [0, 0.05) is 5.02 Å². The largest absolute Gasteiger partial charge is 0.493 e. The van der Waals surface area contributed by atoms with Gasteiger partial charge in [-0.05, 0) is 42.3 Å². The van der Waals surface area contributed by atoms with E-state index >= 15 is 0 Å². The van der Waals surface area contributed by atoms with E-state index in [1.807, 2.05) is 12.1 Å². The first-order valence-corrected chi connectivity index (χ1v) is 8.05. The molecule has 0 amide bonds. The SMILES string of the molecule is COc1ccc([C@@H](/C=N\OCc2ccc(Cl)cc2)C(C)=O)cc1OC. The molecule has 2 aromatic rings. The minimum Gasteiger partial charge on any atom is -0.493 e. The lowest BCUT2D eigenvalue weighted by atomic mass is 9.96. The molecule has 0 saturated carbocycles. The number of oxime groups is 1. The van der Waals surface area contributed by atoms with Gasteiger partial charge < -0.3 is 14.3 Å². The second kappa shape index (κ2) is 9.08. The van der Waals surface area contributed by atoms with Gasteiger partial charge in [-0.3, -0.25) is 4.79 Å². The molecule has 0 fully saturated rings. The van der Waals surface area contributed by atoms with Gasteiger partial charge in [-0.2, -0.15) is 0 Å². The fraction of sp³-hybridized carbons (Fsp3) is 0.263. The van der Waals surface area contributed by atoms with Crippen LogP contribution in [0.4, 0.5) is 0 Å². The summed E-state index contributed by atoms with van der Waals surface area (Å²) in [5.41, 5.74) is 1.69. The fourth-order valence-corrected chi connectivity index (χ4v) is 2.39. The van der Waals surface area contributed by atoms with Crippen molar-refractivity contribution in [3.05, 3.63) is 58.6 Å². The molecule has 0 aliphatic rings. The number of nitrogens with zero attached hydrogens (tertiary/aromatic N) is 1. The smallest absolute Gasteiger partial charge is 0.161 e. The Morgan fingerprint density at radius 3 is 2.40 bits per heavy atom. The summed E-state index contributed by atoms with van der Waals surface area (Å²) in [6.45, 7) is 1.80. The highest BCUT2D eigenvalue weighted by molar-refractivity contribution is 6.30. The zero-order chi connectivity index (χ0) is 18.2. The normalized spacial score (nSPS) is 12.0. The average molecular weight is 362 g/mol.